The second-order valence-corrected chi connectivity index (χ2v) is 4.11. The molecule has 1 rings (SSSR count). The number of benzene rings is 1. The van der Waals surface area contributed by atoms with Crippen molar-refractivity contribution >= 4 is 5.97 Å². The smallest absolute Gasteiger partial charge is 0.306 e. The third-order valence-corrected chi connectivity index (χ3v) is 2.51. The summed E-state index contributed by atoms with van der Waals surface area (Å²) < 4.78 is 0. The van der Waals surface area contributed by atoms with Gasteiger partial charge in [-0.1, -0.05) is 19.1 Å². The number of nitrogens with two attached hydrogens (primary N) is 1. The molecule has 0 aromatic heterocycles. The molecule has 0 saturated carbocycles. The minimum absolute atomic E-state index is 0.171. The van der Waals surface area contributed by atoms with E-state index in [9.17, 15) is 4.79 Å². The predicted molar refractivity (Wildman–Crippen MR) is 61.2 cm³/mol. The Morgan fingerprint density at radius 1 is 1.38 bits per heavy atom. The van der Waals surface area contributed by atoms with E-state index in [1.165, 1.54) is 0 Å². The molecule has 4 N–H and O–H groups in total. The lowest BCUT2D eigenvalue weighted by Gasteiger charge is -2.14. The fourth-order valence-electron chi connectivity index (χ4n) is 1.57. The summed E-state index contributed by atoms with van der Waals surface area (Å²) >= 11 is 0. The highest BCUT2D eigenvalue weighted by Gasteiger charge is 2.15. The van der Waals surface area contributed by atoms with Crippen LogP contribution < -0.4 is 5.73 Å². The quantitative estimate of drug-likeness (QED) is 0.704. The Labute approximate surface area is 94.7 Å². The number of hydrogen-bond donors (Lipinski definition) is 3. The highest BCUT2D eigenvalue weighted by molar-refractivity contribution is 5.69. The number of hydrogen-bond acceptors (Lipinski definition) is 3. The van der Waals surface area contributed by atoms with Crippen LogP contribution in [0.4, 0.5) is 0 Å². The van der Waals surface area contributed by atoms with Crippen molar-refractivity contribution < 1.29 is 15.0 Å². The Hall–Kier alpha value is -1.55. The number of carboxylic acid groups (broad SMARTS) is 1. The molecular formula is C12H17NO3. The maximum absolute atomic E-state index is 10.6. The minimum Gasteiger partial charge on any atom is -0.508 e. The number of carbonyl (C=O) groups is 1. The fraction of sp³-hybridized carbons (Fsp3) is 0.417. The first-order valence-electron chi connectivity index (χ1n) is 5.25. The average Bonchev–Trinajstić information content (AvgIpc) is 2.21. The lowest BCUT2D eigenvalue weighted by atomic mass is 9.97. The Bertz CT molecular complexity index is 348. The number of aromatic hydroxyl groups is 1. The molecule has 0 saturated heterocycles. The zero-order valence-corrected chi connectivity index (χ0v) is 9.26. The van der Waals surface area contributed by atoms with Crippen LogP contribution >= 0.6 is 0 Å². The maximum Gasteiger partial charge on any atom is 0.306 e. The van der Waals surface area contributed by atoms with Crippen LogP contribution in [0.2, 0.25) is 0 Å². The summed E-state index contributed by atoms with van der Waals surface area (Å²) in [5.74, 6) is -1.02. The van der Waals surface area contributed by atoms with Crippen molar-refractivity contribution in [1.29, 1.82) is 0 Å². The molecule has 0 radical (unpaired) electrons. The van der Waals surface area contributed by atoms with E-state index in [-0.39, 0.29) is 11.8 Å². The Morgan fingerprint density at radius 2 is 1.94 bits per heavy atom. The van der Waals surface area contributed by atoms with E-state index < -0.39 is 11.9 Å². The Balaban J connectivity index is 2.48. The molecule has 0 aliphatic rings. The zero-order valence-electron chi connectivity index (χ0n) is 9.26. The summed E-state index contributed by atoms with van der Waals surface area (Å²) in [5, 5.41) is 17.8. The highest BCUT2D eigenvalue weighted by Crippen LogP contribution is 2.13. The summed E-state index contributed by atoms with van der Waals surface area (Å²) in [6, 6.07) is 6.61. The molecule has 1 aromatic carbocycles. The van der Waals surface area contributed by atoms with E-state index in [1.807, 2.05) is 0 Å². The molecule has 2 unspecified atom stereocenters. The molecule has 0 aliphatic heterocycles. The first-order chi connectivity index (χ1) is 7.49. The molecule has 0 fully saturated rings. The van der Waals surface area contributed by atoms with E-state index in [0.717, 1.165) is 5.56 Å². The lowest BCUT2D eigenvalue weighted by Crippen LogP contribution is -2.28. The molecule has 0 aliphatic carbocycles. The topological polar surface area (TPSA) is 83.5 Å². The lowest BCUT2D eigenvalue weighted by molar-refractivity contribution is -0.141. The van der Waals surface area contributed by atoms with Crippen molar-refractivity contribution in [3.8, 4) is 5.75 Å². The van der Waals surface area contributed by atoms with Crippen molar-refractivity contribution in [2.45, 2.75) is 25.8 Å². The van der Waals surface area contributed by atoms with Crippen LogP contribution in [0.1, 0.15) is 18.9 Å². The van der Waals surface area contributed by atoms with Gasteiger partial charge in [0.15, 0.2) is 0 Å². The number of phenolic OH excluding ortho intramolecular Hbond substituents is 1. The maximum atomic E-state index is 10.6. The fourth-order valence-corrected chi connectivity index (χ4v) is 1.57. The van der Waals surface area contributed by atoms with Gasteiger partial charge >= 0.3 is 5.97 Å². The van der Waals surface area contributed by atoms with E-state index in [0.29, 0.717) is 12.8 Å². The van der Waals surface area contributed by atoms with E-state index in [2.05, 4.69) is 0 Å². The molecule has 0 spiro atoms. The average molecular weight is 223 g/mol. The monoisotopic (exact) mass is 223 g/mol. The van der Waals surface area contributed by atoms with Crippen molar-refractivity contribution in [3.63, 3.8) is 0 Å². The molecule has 4 nitrogen and oxygen atoms in total. The molecule has 0 heterocycles. The molecular weight excluding hydrogens is 206 g/mol. The van der Waals surface area contributed by atoms with Gasteiger partial charge in [0, 0.05) is 6.04 Å². The summed E-state index contributed by atoms with van der Waals surface area (Å²) in [5.41, 5.74) is 6.86. The summed E-state index contributed by atoms with van der Waals surface area (Å²) in [7, 11) is 0. The molecule has 0 amide bonds. The van der Waals surface area contributed by atoms with Crippen LogP contribution in [0, 0.1) is 5.92 Å². The van der Waals surface area contributed by atoms with Crippen LogP contribution in [0.3, 0.4) is 0 Å². The van der Waals surface area contributed by atoms with Gasteiger partial charge in [0.2, 0.25) is 0 Å². The van der Waals surface area contributed by atoms with Crippen LogP contribution in [0.25, 0.3) is 0 Å². The first-order valence-corrected chi connectivity index (χ1v) is 5.25. The third kappa shape index (κ3) is 3.90. The Kier molecular flexibility index (Phi) is 4.31. The van der Waals surface area contributed by atoms with Crippen LogP contribution in [0.5, 0.6) is 5.75 Å². The molecule has 2 atom stereocenters. The van der Waals surface area contributed by atoms with Gasteiger partial charge in [-0.05, 0) is 30.5 Å². The van der Waals surface area contributed by atoms with Crippen LogP contribution in [-0.2, 0) is 11.2 Å². The second-order valence-electron chi connectivity index (χ2n) is 4.11. The second kappa shape index (κ2) is 5.51. The van der Waals surface area contributed by atoms with Gasteiger partial charge in [-0.2, -0.15) is 0 Å². The largest absolute Gasteiger partial charge is 0.508 e. The van der Waals surface area contributed by atoms with Gasteiger partial charge in [0.05, 0.1) is 5.92 Å². The molecule has 16 heavy (non-hydrogen) atoms. The van der Waals surface area contributed by atoms with Gasteiger partial charge in [-0.3, -0.25) is 4.79 Å². The molecule has 4 heteroatoms. The summed E-state index contributed by atoms with van der Waals surface area (Å²) in [4.78, 5) is 10.6. The van der Waals surface area contributed by atoms with Crippen LogP contribution in [-0.4, -0.2) is 22.2 Å². The van der Waals surface area contributed by atoms with E-state index >= 15 is 0 Å². The van der Waals surface area contributed by atoms with Gasteiger partial charge < -0.3 is 15.9 Å². The molecule has 1 aromatic rings. The minimum atomic E-state index is -0.818. The van der Waals surface area contributed by atoms with Gasteiger partial charge in [0.25, 0.3) is 0 Å². The van der Waals surface area contributed by atoms with E-state index in [4.69, 9.17) is 15.9 Å². The van der Waals surface area contributed by atoms with Gasteiger partial charge in [-0.25, -0.2) is 0 Å². The van der Waals surface area contributed by atoms with E-state index in [1.54, 1.807) is 31.2 Å². The van der Waals surface area contributed by atoms with Crippen molar-refractivity contribution in [2.24, 2.45) is 11.7 Å². The number of aliphatic carboxylic acids is 1. The molecule has 88 valence electrons. The Morgan fingerprint density at radius 3 is 2.44 bits per heavy atom. The van der Waals surface area contributed by atoms with Gasteiger partial charge in [0.1, 0.15) is 5.75 Å². The number of carboxylic acids is 1. The predicted octanol–water partition coefficient (Wildman–Crippen LogP) is 1.37. The van der Waals surface area contributed by atoms with Crippen molar-refractivity contribution in [1.82, 2.24) is 0 Å². The number of phenols is 1. The van der Waals surface area contributed by atoms with Crippen LogP contribution in [0.15, 0.2) is 24.3 Å². The summed E-state index contributed by atoms with van der Waals surface area (Å²) in [6.45, 7) is 1.65. The van der Waals surface area contributed by atoms with Crippen molar-refractivity contribution in [3.05, 3.63) is 29.8 Å². The highest BCUT2D eigenvalue weighted by atomic mass is 16.4. The third-order valence-electron chi connectivity index (χ3n) is 2.51. The zero-order chi connectivity index (χ0) is 12.1. The normalized spacial score (nSPS) is 14.4. The SMILES string of the molecule is CC(CC(N)Cc1ccc(O)cc1)C(=O)O. The number of rotatable bonds is 5. The standard InChI is InChI=1S/C12H17NO3/c1-8(12(15)16)6-10(13)7-9-2-4-11(14)5-3-9/h2-5,8,10,14H,6-7,13H2,1H3,(H,15,16). The van der Waals surface area contributed by atoms with Crippen molar-refractivity contribution in [2.75, 3.05) is 0 Å². The molecule has 0 bridgehead atoms. The first kappa shape index (κ1) is 12.5. The van der Waals surface area contributed by atoms with Gasteiger partial charge in [-0.15, -0.1) is 0 Å². The summed E-state index contributed by atoms with van der Waals surface area (Å²) in [6.07, 6.45) is 1.08.